The molecular formula is C17H18ClN3O. The van der Waals surface area contributed by atoms with Crippen molar-refractivity contribution in [3.05, 3.63) is 58.7 Å². The number of aryl methyl sites for hydroxylation is 1. The summed E-state index contributed by atoms with van der Waals surface area (Å²) < 4.78 is 0. The summed E-state index contributed by atoms with van der Waals surface area (Å²) in [5, 5.41) is 0.645. The van der Waals surface area contributed by atoms with Crippen LogP contribution >= 0.6 is 11.6 Å². The minimum atomic E-state index is 0.0634. The molecule has 0 saturated carbocycles. The van der Waals surface area contributed by atoms with Crippen molar-refractivity contribution in [1.82, 2.24) is 9.88 Å². The lowest BCUT2D eigenvalue weighted by Gasteiger charge is -2.35. The number of hydrogen-bond donors (Lipinski definition) is 0. The van der Waals surface area contributed by atoms with Crippen molar-refractivity contribution < 1.29 is 4.79 Å². The van der Waals surface area contributed by atoms with E-state index in [1.165, 1.54) is 5.56 Å². The van der Waals surface area contributed by atoms with E-state index in [4.69, 9.17) is 11.6 Å². The van der Waals surface area contributed by atoms with E-state index in [1.54, 1.807) is 24.3 Å². The highest BCUT2D eigenvalue weighted by molar-refractivity contribution is 6.30. The van der Waals surface area contributed by atoms with E-state index in [1.807, 2.05) is 17.2 Å². The Labute approximate surface area is 135 Å². The second-order valence-corrected chi connectivity index (χ2v) is 5.91. The van der Waals surface area contributed by atoms with Crippen LogP contribution in [-0.4, -0.2) is 42.0 Å². The van der Waals surface area contributed by atoms with E-state index in [-0.39, 0.29) is 5.91 Å². The Bertz CT molecular complexity index is 664. The van der Waals surface area contributed by atoms with Crippen molar-refractivity contribution in [2.45, 2.75) is 6.92 Å². The van der Waals surface area contributed by atoms with Gasteiger partial charge in [0.1, 0.15) is 5.82 Å². The summed E-state index contributed by atoms with van der Waals surface area (Å²) in [5.41, 5.74) is 1.89. The highest BCUT2D eigenvalue weighted by Gasteiger charge is 2.22. The Morgan fingerprint density at radius 3 is 2.41 bits per heavy atom. The van der Waals surface area contributed by atoms with Crippen LogP contribution in [0.4, 0.5) is 5.82 Å². The molecule has 4 nitrogen and oxygen atoms in total. The molecule has 2 aromatic rings. The maximum absolute atomic E-state index is 12.5. The number of hydrogen-bond acceptors (Lipinski definition) is 3. The maximum atomic E-state index is 12.5. The Balaban J connectivity index is 1.64. The van der Waals surface area contributed by atoms with E-state index in [9.17, 15) is 4.79 Å². The number of carbonyl (C=O) groups excluding carboxylic acids is 1. The molecule has 1 fully saturated rings. The molecule has 0 N–H and O–H groups in total. The summed E-state index contributed by atoms with van der Waals surface area (Å²) in [4.78, 5) is 21.0. The molecule has 0 radical (unpaired) electrons. The Kier molecular flexibility index (Phi) is 4.29. The molecule has 3 rings (SSSR count). The predicted molar refractivity (Wildman–Crippen MR) is 88.5 cm³/mol. The first-order valence-corrected chi connectivity index (χ1v) is 7.74. The summed E-state index contributed by atoms with van der Waals surface area (Å²) in [7, 11) is 0. The first-order chi connectivity index (χ1) is 10.6. The lowest BCUT2D eigenvalue weighted by atomic mass is 10.2. The van der Waals surface area contributed by atoms with E-state index < -0.39 is 0 Å². The van der Waals surface area contributed by atoms with Gasteiger partial charge in [-0.1, -0.05) is 11.6 Å². The van der Waals surface area contributed by atoms with E-state index >= 15 is 0 Å². The van der Waals surface area contributed by atoms with Crippen molar-refractivity contribution in [3.8, 4) is 0 Å². The Hall–Kier alpha value is -2.07. The third-order valence-corrected chi connectivity index (χ3v) is 4.14. The van der Waals surface area contributed by atoms with Crippen molar-refractivity contribution in [3.63, 3.8) is 0 Å². The fourth-order valence-electron chi connectivity index (χ4n) is 2.61. The number of piperazine rings is 1. The van der Waals surface area contributed by atoms with Gasteiger partial charge in [0.2, 0.25) is 0 Å². The van der Waals surface area contributed by atoms with Crippen LogP contribution in [0.3, 0.4) is 0 Å². The highest BCUT2D eigenvalue weighted by atomic mass is 35.5. The number of carbonyl (C=O) groups is 1. The van der Waals surface area contributed by atoms with Crippen LogP contribution in [0.5, 0.6) is 0 Å². The molecule has 0 spiro atoms. The third-order valence-electron chi connectivity index (χ3n) is 3.88. The molecule has 22 heavy (non-hydrogen) atoms. The van der Waals surface area contributed by atoms with Gasteiger partial charge in [0.25, 0.3) is 5.91 Å². The summed E-state index contributed by atoms with van der Waals surface area (Å²) in [6.45, 7) is 5.07. The second kappa shape index (κ2) is 6.36. The molecule has 2 heterocycles. The number of amides is 1. The molecule has 1 aliphatic heterocycles. The maximum Gasteiger partial charge on any atom is 0.253 e. The van der Waals surface area contributed by atoms with Gasteiger partial charge in [0.05, 0.1) is 0 Å². The SMILES string of the molecule is Cc1ccnc(N2CCN(C(=O)c3ccc(Cl)cc3)CC2)c1. The van der Waals surface area contributed by atoms with Gasteiger partial charge in [-0.3, -0.25) is 4.79 Å². The Morgan fingerprint density at radius 2 is 1.77 bits per heavy atom. The van der Waals surface area contributed by atoms with E-state index in [0.717, 1.165) is 18.9 Å². The van der Waals surface area contributed by atoms with Crippen LogP contribution in [0.25, 0.3) is 0 Å². The lowest BCUT2D eigenvalue weighted by Crippen LogP contribution is -2.49. The minimum absolute atomic E-state index is 0.0634. The van der Waals surface area contributed by atoms with Gasteiger partial charge in [0, 0.05) is 43.0 Å². The van der Waals surface area contributed by atoms with Crippen LogP contribution in [0.2, 0.25) is 5.02 Å². The van der Waals surface area contributed by atoms with E-state index in [2.05, 4.69) is 22.9 Å². The zero-order chi connectivity index (χ0) is 15.5. The summed E-state index contributed by atoms with van der Waals surface area (Å²) in [6, 6.07) is 11.1. The largest absolute Gasteiger partial charge is 0.353 e. The van der Waals surface area contributed by atoms with Crippen molar-refractivity contribution in [2.75, 3.05) is 31.1 Å². The van der Waals surface area contributed by atoms with Gasteiger partial charge in [0.15, 0.2) is 0 Å². The molecule has 1 aromatic heterocycles. The van der Waals surface area contributed by atoms with Crippen molar-refractivity contribution >= 4 is 23.3 Å². The van der Waals surface area contributed by atoms with Gasteiger partial charge in [-0.25, -0.2) is 4.98 Å². The van der Waals surface area contributed by atoms with Crippen LogP contribution in [-0.2, 0) is 0 Å². The topological polar surface area (TPSA) is 36.4 Å². The summed E-state index contributed by atoms with van der Waals surface area (Å²) in [5.74, 6) is 1.05. The number of anilines is 1. The van der Waals surface area contributed by atoms with Crippen LogP contribution < -0.4 is 4.90 Å². The van der Waals surface area contributed by atoms with Gasteiger partial charge in [-0.05, 0) is 48.9 Å². The van der Waals surface area contributed by atoms with Crippen molar-refractivity contribution in [1.29, 1.82) is 0 Å². The van der Waals surface area contributed by atoms with Crippen LogP contribution in [0, 0.1) is 6.92 Å². The zero-order valence-corrected chi connectivity index (χ0v) is 13.3. The lowest BCUT2D eigenvalue weighted by molar-refractivity contribution is 0.0746. The van der Waals surface area contributed by atoms with Gasteiger partial charge < -0.3 is 9.80 Å². The molecule has 0 atom stereocenters. The highest BCUT2D eigenvalue weighted by Crippen LogP contribution is 2.17. The van der Waals surface area contributed by atoms with E-state index in [0.29, 0.717) is 23.7 Å². The summed E-state index contributed by atoms with van der Waals surface area (Å²) >= 11 is 5.86. The van der Waals surface area contributed by atoms with Crippen molar-refractivity contribution in [2.24, 2.45) is 0 Å². The minimum Gasteiger partial charge on any atom is -0.353 e. The second-order valence-electron chi connectivity index (χ2n) is 5.48. The standard InChI is InChI=1S/C17H18ClN3O/c1-13-6-7-19-16(12-13)20-8-10-21(11-9-20)17(22)14-2-4-15(18)5-3-14/h2-7,12H,8-11H2,1H3. The predicted octanol–water partition coefficient (Wildman–Crippen LogP) is 3.01. The third kappa shape index (κ3) is 3.22. The van der Waals surface area contributed by atoms with Gasteiger partial charge in [-0.2, -0.15) is 0 Å². The number of aromatic nitrogens is 1. The molecule has 0 unspecified atom stereocenters. The fraction of sp³-hybridized carbons (Fsp3) is 0.294. The molecule has 0 bridgehead atoms. The normalized spacial score (nSPS) is 15.0. The molecule has 114 valence electrons. The monoisotopic (exact) mass is 315 g/mol. The Morgan fingerprint density at radius 1 is 1.09 bits per heavy atom. The molecule has 1 saturated heterocycles. The summed E-state index contributed by atoms with van der Waals surface area (Å²) in [6.07, 6.45) is 1.83. The molecule has 1 aromatic carbocycles. The van der Waals surface area contributed by atoms with Gasteiger partial charge >= 0.3 is 0 Å². The first kappa shape index (κ1) is 14.9. The number of halogens is 1. The number of benzene rings is 1. The average molecular weight is 316 g/mol. The van der Waals surface area contributed by atoms with Crippen LogP contribution in [0.15, 0.2) is 42.6 Å². The van der Waals surface area contributed by atoms with Crippen LogP contribution in [0.1, 0.15) is 15.9 Å². The smallest absolute Gasteiger partial charge is 0.253 e. The zero-order valence-electron chi connectivity index (χ0n) is 12.5. The van der Waals surface area contributed by atoms with Gasteiger partial charge in [-0.15, -0.1) is 0 Å². The average Bonchev–Trinajstić information content (AvgIpc) is 2.55. The number of pyridine rings is 1. The molecule has 0 aliphatic carbocycles. The number of rotatable bonds is 2. The number of nitrogens with zero attached hydrogens (tertiary/aromatic N) is 3. The fourth-order valence-corrected chi connectivity index (χ4v) is 2.73. The quantitative estimate of drug-likeness (QED) is 0.855. The molecule has 1 aliphatic rings. The molecule has 1 amide bonds. The first-order valence-electron chi connectivity index (χ1n) is 7.36. The molecule has 5 heteroatoms. The molecular weight excluding hydrogens is 298 g/mol.